The molecule has 5 aromatic carbocycles. The average Bonchev–Trinajstić information content (AvgIpc) is 3.70. The van der Waals surface area contributed by atoms with Crippen molar-refractivity contribution in [1.82, 2.24) is 9.97 Å². The third-order valence-electron chi connectivity index (χ3n) is 10.6. The summed E-state index contributed by atoms with van der Waals surface area (Å²) in [7, 11) is 0. The predicted octanol–water partition coefficient (Wildman–Crippen LogP) is 14.6. The summed E-state index contributed by atoms with van der Waals surface area (Å²) in [4.78, 5) is 8.68. The monoisotopic (exact) mass is 939 g/mol. The summed E-state index contributed by atoms with van der Waals surface area (Å²) in [5, 5.41) is 1.25. The van der Waals surface area contributed by atoms with Gasteiger partial charge in [-0.1, -0.05) is 122 Å². The van der Waals surface area contributed by atoms with E-state index in [1.807, 2.05) is 30.3 Å². The fraction of sp³-hybridized carbons (Fsp3) is 0.245. The van der Waals surface area contributed by atoms with Gasteiger partial charge in [-0.2, -0.15) is 0 Å². The van der Waals surface area contributed by atoms with Crippen molar-refractivity contribution < 1.29 is 46.5 Å². The summed E-state index contributed by atoms with van der Waals surface area (Å²) in [5.41, 5.74) is 5.14. The van der Waals surface area contributed by atoms with Crippen LogP contribution in [0.15, 0.2) is 126 Å². The minimum Gasteiger partial charge on any atom is -0.500 e. The van der Waals surface area contributed by atoms with E-state index in [1.54, 1.807) is 54.6 Å². The van der Waals surface area contributed by atoms with E-state index in [0.29, 0.717) is 57.1 Å². The maximum Gasteiger partial charge on any atom is 0.123 e. The largest absolute Gasteiger partial charge is 0.500 e. The molecule has 1 aliphatic rings. The number of furan rings is 1. The molecule has 0 aliphatic heterocycles. The molecule has 0 saturated heterocycles. The van der Waals surface area contributed by atoms with Crippen LogP contribution in [-0.2, 0) is 20.1 Å². The zero-order chi connectivity index (χ0) is 52.4. The summed E-state index contributed by atoms with van der Waals surface area (Å²) in [6.07, 6.45) is 5.43. The number of nitrogens with zero attached hydrogens (tertiary/aromatic N) is 2. The van der Waals surface area contributed by atoms with Gasteiger partial charge in [0, 0.05) is 59.8 Å². The molecule has 8 aromatic rings. The smallest absolute Gasteiger partial charge is 0.123 e. The van der Waals surface area contributed by atoms with Crippen molar-refractivity contribution in [2.24, 2.45) is 5.41 Å². The van der Waals surface area contributed by atoms with Crippen molar-refractivity contribution in [3.63, 3.8) is 0 Å². The van der Waals surface area contributed by atoms with E-state index in [0.717, 1.165) is 18.4 Å². The van der Waals surface area contributed by atoms with Crippen LogP contribution in [0.5, 0.6) is 0 Å². The van der Waals surface area contributed by atoms with E-state index >= 15 is 0 Å². The first-order chi connectivity index (χ1) is 33.4. The van der Waals surface area contributed by atoms with Crippen LogP contribution in [0.3, 0.4) is 0 Å². The Morgan fingerprint density at radius 3 is 2.21 bits per heavy atom. The molecule has 0 spiro atoms. The summed E-state index contributed by atoms with van der Waals surface area (Å²) < 4.78 is 135. The van der Waals surface area contributed by atoms with Crippen molar-refractivity contribution in [2.45, 2.75) is 79.7 Å². The normalized spacial score (nSPS) is 19.7. The Labute approximate surface area is 374 Å². The third kappa shape index (κ3) is 8.45. The number of hydrogen-bond acceptors (Lipinski definition) is 3. The molecule has 1 saturated carbocycles. The number of aromatic nitrogens is 2. The molecule has 3 aromatic heterocycles. The molecule has 0 N–H and O–H groups in total. The van der Waals surface area contributed by atoms with Gasteiger partial charge < -0.3 is 14.4 Å². The van der Waals surface area contributed by atoms with Crippen LogP contribution in [0, 0.1) is 51.8 Å². The van der Waals surface area contributed by atoms with Crippen LogP contribution in [0.2, 0.25) is 0 Å². The van der Waals surface area contributed by atoms with Crippen LogP contribution in [0.25, 0.3) is 66.7 Å². The molecule has 9 rings (SSSR count). The van der Waals surface area contributed by atoms with E-state index < -0.39 is 40.2 Å². The van der Waals surface area contributed by atoms with Gasteiger partial charge in [-0.15, -0.1) is 47.5 Å². The maximum atomic E-state index is 9.25. The van der Waals surface area contributed by atoms with Gasteiger partial charge in [-0.25, -0.2) is 0 Å². The van der Waals surface area contributed by atoms with E-state index in [4.69, 9.17) is 25.0 Å². The number of hydrogen-bond donors (Lipinski definition) is 0. The molecule has 289 valence electrons. The predicted molar refractivity (Wildman–Crippen MR) is 234 cm³/mol. The molecule has 3 heterocycles. The molecule has 1 fully saturated rings. The second kappa shape index (κ2) is 16.8. The second-order valence-corrected chi connectivity index (χ2v) is 15.0. The number of benzene rings is 5. The van der Waals surface area contributed by atoms with E-state index in [2.05, 4.69) is 35.9 Å². The van der Waals surface area contributed by atoms with Gasteiger partial charge in [0.15, 0.2) is 0 Å². The molecule has 0 bridgehead atoms. The van der Waals surface area contributed by atoms with E-state index in [9.17, 15) is 1.37 Å². The van der Waals surface area contributed by atoms with Crippen molar-refractivity contribution in [3.05, 3.63) is 167 Å². The van der Waals surface area contributed by atoms with Gasteiger partial charge >= 0.3 is 0 Å². The minimum absolute atomic E-state index is 0. The zero-order valence-electron chi connectivity index (χ0n) is 47.5. The van der Waals surface area contributed by atoms with Gasteiger partial charge in [-0.3, -0.25) is 0 Å². The summed E-state index contributed by atoms with van der Waals surface area (Å²) in [6.45, 7) is -7.74. The first-order valence-corrected chi connectivity index (χ1v) is 18.6. The molecule has 3 nitrogen and oxygen atoms in total. The van der Waals surface area contributed by atoms with Crippen LogP contribution in [-0.4, -0.2) is 9.97 Å². The molecule has 1 aliphatic carbocycles. The van der Waals surface area contributed by atoms with Gasteiger partial charge in [0.25, 0.3) is 0 Å². The zero-order valence-corrected chi connectivity index (χ0v) is 33.9. The van der Waals surface area contributed by atoms with Gasteiger partial charge in [0.1, 0.15) is 5.58 Å². The third-order valence-corrected chi connectivity index (χ3v) is 10.6. The maximum absolute atomic E-state index is 9.25. The fourth-order valence-corrected chi connectivity index (χ4v) is 7.33. The summed E-state index contributed by atoms with van der Waals surface area (Å²) >= 11 is 0. The second-order valence-electron chi connectivity index (χ2n) is 15.0. The minimum atomic E-state index is -2.61. The van der Waals surface area contributed by atoms with Crippen molar-refractivity contribution in [1.29, 1.82) is 0 Å². The first-order valence-electron chi connectivity index (χ1n) is 26.6. The molecule has 0 unspecified atom stereocenters. The standard InChI is InChI=1S/C34H34NO.C19H16N.Ir/c1-21-8-6-9-27-28-10-7-11-29(33(28)36-32(21)27)31-19-30(23(3)20-35-31)26-13-12-25(18-22(26)2)24-14-16-34(4,5)17-15-24;1-14-8-11-19(20-13-14)17-10-9-15(2)18(12-17)16-6-4-3-5-7-16;/h6-10,12-13,18-20,24H,14-17H2,1-5H3;3-9,11-13H,1-2H3;/q2*-1;/i1D3,2D3,3D3,24D;1D3,2D3;. The van der Waals surface area contributed by atoms with Crippen molar-refractivity contribution in [3.8, 4) is 44.8 Å². The molecular weight excluding hydrogens is 873 g/mol. The molecule has 1 radical (unpaired) electrons. The average molecular weight is 939 g/mol. The molecule has 4 heteroatoms. The topological polar surface area (TPSA) is 38.9 Å². The van der Waals surface area contributed by atoms with Crippen LogP contribution in [0.1, 0.15) is 101 Å². The molecule has 57 heavy (non-hydrogen) atoms. The van der Waals surface area contributed by atoms with Crippen molar-refractivity contribution >= 4 is 21.9 Å². The van der Waals surface area contributed by atoms with Gasteiger partial charge in [0.05, 0.1) is 5.58 Å². The quantitative estimate of drug-likeness (QED) is 0.161. The summed E-state index contributed by atoms with van der Waals surface area (Å²) in [5.74, 6) is -0.941. The fourth-order valence-electron chi connectivity index (χ4n) is 7.33. The Hall–Kier alpha value is -5.15. The van der Waals surface area contributed by atoms with Crippen LogP contribution >= 0.6 is 0 Å². The summed E-state index contributed by atoms with van der Waals surface area (Å²) in [6, 6.07) is 36.5. The van der Waals surface area contributed by atoms with Crippen LogP contribution in [0.4, 0.5) is 0 Å². The number of fused-ring (bicyclic) bond motifs is 3. The SMILES string of the molecule is [2H]C([2H])([2H])c1ccc(-c2[c-]cc(C([2H])([2H])[2H])c(-c3ccccc3)c2)nc1.[2H]C([2H])([2H])c1cnc(-c2[c-]ccc3c2oc2c(C([2H])([2H])[2H])cccc23)cc1-c1ccc(C2([2H])CCC(C)(C)CC2)cc1C([2H])([2H])[2H].[Ir]. The van der Waals surface area contributed by atoms with Crippen LogP contribution < -0.4 is 0 Å². The Kier molecular flexibility index (Phi) is 7.22. The number of aryl methyl sites for hydroxylation is 5. The molecule has 0 atom stereocenters. The number of pyridine rings is 2. The van der Waals surface area contributed by atoms with Gasteiger partial charge in [-0.05, 0) is 120 Å². The molecular formula is C53H50IrN2O-2. The number of rotatable bonds is 5. The van der Waals surface area contributed by atoms with Crippen molar-refractivity contribution in [2.75, 3.05) is 0 Å². The Balaban J connectivity index is 0.000000245. The first kappa shape index (κ1) is 24.6. The Bertz CT molecular complexity index is 3270. The Morgan fingerprint density at radius 1 is 0.667 bits per heavy atom. The van der Waals surface area contributed by atoms with E-state index in [-0.39, 0.29) is 75.7 Å². The number of para-hydroxylation sites is 1. The molecule has 0 amide bonds. The van der Waals surface area contributed by atoms with E-state index in [1.165, 1.54) is 36.7 Å². The Morgan fingerprint density at radius 2 is 1.46 bits per heavy atom. The van der Waals surface area contributed by atoms with Gasteiger partial charge in [0.2, 0.25) is 0 Å².